The summed E-state index contributed by atoms with van der Waals surface area (Å²) in [6.07, 6.45) is 3.76. The molecule has 2 N–H and O–H groups in total. The van der Waals surface area contributed by atoms with Crippen molar-refractivity contribution in [3.05, 3.63) is 29.1 Å². The van der Waals surface area contributed by atoms with E-state index in [0.717, 1.165) is 30.6 Å². The molecule has 2 bridgehead atoms. The lowest BCUT2D eigenvalue weighted by Gasteiger charge is -2.29. The number of aryl methyl sites for hydroxylation is 2. The molecule has 0 unspecified atom stereocenters. The molecule has 1 aromatic heterocycles. The Morgan fingerprint density at radius 3 is 3.00 bits per heavy atom. The second kappa shape index (κ2) is 6.32. The summed E-state index contributed by atoms with van der Waals surface area (Å²) < 4.78 is 6.28. The van der Waals surface area contributed by atoms with Gasteiger partial charge in [-0.15, -0.1) is 0 Å². The Labute approximate surface area is 152 Å². The van der Waals surface area contributed by atoms with Crippen molar-refractivity contribution in [1.82, 2.24) is 15.2 Å². The van der Waals surface area contributed by atoms with E-state index in [-0.39, 0.29) is 30.1 Å². The van der Waals surface area contributed by atoms with Crippen LogP contribution in [0.3, 0.4) is 0 Å². The molecule has 4 atom stereocenters. The van der Waals surface area contributed by atoms with Gasteiger partial charge in [0.15, 0.2) is 0 Å². The highest BCUT2D eigenvalue weighted by molar-refractivity contribution is 5.94. The lowest BCUT2D eigenvalue weighted by Crippen LogP contribution is -2.41. The number of carboxylic acid groups (broad SMARTS) is 1. The quantitative estimate of drug-likeness (QED) is 0.815. The zero-order valence-corrected chi connectivity index (χ0v) is 15.2. The maximum absolute atomic E-state index is 12.5. The van der Waals surface area contributed by atoms with Crippen LogP contribution in [0.1, 0.15) is 34.5 Å². The number of carbonyl (C=O) groups excluding carboxylic acids is 1. The molecule has 7 heteroatoms. The van der Waals surface area contributed by atoms with Crippen molar-refractivity contribution in [2.24, 2.45) is 11.8 Å². The number of rotatable bonds is 5. The van der Waals surface area contributed by atoms with Gasteiger partial charge in [-0.3, -0.25) is 19.5 Å². The number of amides is 1. The molecule has 1 amide bonds. The Hall–Kier alpha value is -1.99. The fraction of sp³-hybridized carbons (Fsp3) is 0.632. The van der Waals surface area contributed by atoms with Crippen molar-refractivity contribution in [2.45, 2.75) is 38.4 Å². The van der Waals surface area contributed by atoms with Gasteiger partial charge in [0.05, 0.1) is 23.8 Å². The van der Waals surface area contributed by atoms with Gasteiger partial charge >= 0.3 is 5.97 Å². The molecule has 26 heavy (non-hydrogen) atoms. The number of carbonyl (C=O) groups is 2. The van der Waals surface area contributed by atoms with E-state index in [9.17, 15) is 9.59 Å². The van der Waals surface area contributed by atoms with E-state index in [1.54, 1.807) is 6.20 Å². The first kappa shape index (κ1) is 17.4. The van der Waals surface area contributed by atoms with Gasteiger partial charge in [-0.05, 0) is 38.3 Å². The minimum Gasteiger partial charge on any atom is -0.480 e. The Morgan fingerprint density at radius 2 is 2.27 bits per heavy atom. The summed E-state index contributed by atoms with van der Waals surface area (Å²) in [6, 6.07) is 1.86. The number of pyridine rings is 1. The third kappa shape index (κ3) is 2.89. The van der Waals surface area contributed by atoms with Crippen LogP contribution < -0.4 is 5.32 Å². The Bertz CT molecular complexity index is 752. The third-order valence-corrected chi connectivity index (χ3v) is 6.31. The molecule has 3 saturated heterocycles. The van der Waals surface area contributed by atoms with E-state index < -0.39 is 5.97 Å². The first-order chi connectivity index (χ1) is 12.4. The number of nitrogens with one attached hydrogen (secondary N) is 1. The van der Waals surface area contributed by atoms with E-state index in [0.29, 0.717) is 24.6 Å². The highest BCUT2D eigenvalue weighted by Gasteiger charge is 2.62. The van der Waals surface area contributed by atoms with Crippen LogP contribution in [-0.2, 0) is 9.53 Å². The van der Waals surface area contributed by atoms with Crippen LogP contribution >= 0.6 is 0 Å². The van der Waals surface area contributed by atoms with Crippen molar-refractivity contribution in [1.29, 1.82) is 0 Å². The average molecular weight is 359 g/mol. The number of aromatic nitrogens is 1. The molecular formula is C19H25N3O4. The fourth-order valence-corrected chi connectivity index (χ4v) is 4.95. The van der Waals surface area contributed by atoms with Gasteiger partial charge in [-0.1, -0.05) is 0 Å². The van der Waals surface area contributed by atoms with Crippen LogP contribution in [0.5, 0.6) is 0 Å². The number of hydrogen-bond acceptors (Lipinski definition) is 5. The predicted molar refractivity (Wildman–Crippen MR) is 93.9 cm³/mol. The summed E-state index contributed by atoms with van der Waals surface area (Å²) in [5.41, 5.74) is 2.29. The van der Waals surface area contributed by atoms with Gasteiger partial charge < -0.3 is 15.2 Å². The van der Waals surface area contributed by atoms with Crippen molar-refractivity contribution in [3.8, 4) is 0 Å². The molecule has 1 spiro atoms. The van der Waals surface area contributed by atoms with Crippen LogP contribution in [0.25, 0.3) is 0 Å². The SMILES string of the molecule is Cc1cc(C(=O)NC[C@H]2[C@H]3CN(CC(=O)O)C[C@]34CC[C@H]2O4)cnc1C. The summed E-state index contributed by atoms with van der Waals surface area (Å²) in [5, 5.41) is 12.1. The van der Waals surface area contributed by atoms with Crippen molar-refractivity contribution >= 4 is 11.9 Å². The molecule has 3 aliphatic heterocycles. The molecule has 0 radical (unpaired) electrons. The maximum atomic E-state index is 12.5. The van der Waals surface area contributed by atoms with Crippen molar-refractivity contribution in [3.63, 3.8) is 0 Å². The number of hydrogen-bond donors (Lipinski definition) is 2. The fourth-order valence-electron chi connectivity index (χ4n) is 4.95. The van der Waals surface area contributed by atoms with E-state index in [1.807, 2.05) is 24.8 Å². The minimum atomic E-state index is -0.803. The van der Waals surface area contributed by atoms with E-state index in [2.05, 4.69) is 10.3 Å². The summed E-state index contributed by atoms with van der Waals surface area (Å²) >= 11 is 0. The van der Waals surface area contributed by atoms with Crippen LogP contribution in [-0.4, -0.2) is 64.8 Å². The van der Waals surface area contributed by atoms with Crippen LogP contribution in [0.4, 0.5) is 0 Å². The molecule has 4 rings (SSSR count). The number of nitrogens with zero attached hydrogens (tertiary/aromatic N) is 2. The molecule has 4 heterocycles. The lowest BCUT2D eigenvalue weighted by molar-refractivity contribution is -0.138. The standard InChI is InChI=1S/C19H25N3O4/c1-11-5-13(6-20-12(11)2)18(25)21-7-14-15-8-22(9-17(23)24)10-19(15)4-3-16(14)26-19/h5-6,14-16H,3-4,7-10H2,1-2H3,(H,21,25)(H,23,24)/t14-,15+,16+,19+/m0/s1. The molecule has 1 aromatic rings. The smallest absolute Gasteiger partial charge is 0.317 e. The first-order valence-electron chi connectivity index (χ1n) is 9.21. The van der Waals surface area contributed by atoms with Crippen LogP contribution in [0.15, 0.2) is 12.3 Å². The number of ether oxygens (including phenoxy) is 1. The average Bonchev–Trinajstić information content (AvgIpc) is 3.22. The zero-order chi connectivity index (χ0) is 18.5. The Balaban J connectivity index is 1.41. The van der Waals surface area contributed by atoms with Crippen LogP contribution in [0.2, 0.25) is 0 Å². The van der Waals surface area contributed by atoms with E-state index in [1.165, 1.54) is 0 Å². The van der Waals surface area contributed by atoms with Gasteiger partial charge in [0, 0.05) is 43.4 Å². The molecule has 0 aliphatic carbocycles. The number of likely N-dealkylation sites (tertiary alicyclic amines) is 1. The minimum absolute atomic E-state index is 0.0552. The predicted octanol–water partition coefficient (Wildman–Crippen LogP) is 0.992. The summed E-state index contributed by atoms with van der Waals surface area (Å²) in [5.74, 6) is -0.384. The second-order valence-electron chi connectivity index (χ2n) is 7.93. The lowest BCUT2D eigenvalue weighted by atomic mass is 9.73. The molecule has 0 aromatic carbocycles. The van der Waals surface area contributed by atoms with Gasteiger partial charge in [0.2, 0.25) is 0 Å². The number of carboxylic acids is 1. The van der Waals surface area contributed by atoms with Gasteiger partial charge in [-0.25, -0.2) is 0 Å². The maximum Gasteiger partial charge on any atom is 0.317 e. The monoisotopic (exact) mass is 359 g/mol. The Kier molecular flexibility index (Phi) is 4.23. The van der Waals surface area contributed by atoms with Crippen LogP contribution in [0, 0.1) is 25.7 Å². The van der Waals surface area contributed by atoms with Gasteiger partial charge in [-0.2, -0.15) is 0 Å². The van der Waals surface area contributed by atoms with E-state index in [4.69, 9.17) is 9.84 Å². The summed E-state index contributed by atoms with van der Waals surface area (Å²) in [6.45, 7) is 5.90. The third-order valence-electron chi connectivity index (χ3n) is 6.31. The molecule has 140 valence electrons. The first-order valence-corrected chi connectivity index (χ1v) is 9.21. The molecule has 3 fully saturated rings. The molecule has 3 aliphatic rings. The Morgan fingerprint density at radius 1 is 1.46 bits per heavy atom. The van der Waals surface area contributed by atoms with Crippen molar-refractivity contribution in [2.75, 3.05) is 26.2 Å². The molecule has 7 nitrogen and oxygen atoms in total. The highest BCUT2D eigenvalue weighted by Crippen LogP contribution is 2.54. The highest BCUT2D eigenvalue weighted by atomic mass is 16.5. The second-order valence-corrected chi connectivity index (χ2v) is 7.93. The summed E-state index contributed by atoms with van der Waals surface area (Å²) in [4.78, 5) is 29.8. The van der Waals surface area contributed by atoms with Gasteiger partial charge in [0.25, 0.3) is 5.91 Å². The largest absolute Gasteiger partial charge is 0.480 e. The number of aliphatic carboxylic acids is 1. The number of fused-ring (bicyclic) bond motifs is 1. The summed E-state index contributed by atoms with van der Waals surface area (Å²) in [7, 11) is 0. The van der Waals surface area contributed by atoms with E-state index >= 15 is 0 Å². The molecule has 0 saturated carbocycles. The molecular weight excluding hydrogens is 334 g/mol. The normalized spacial score (nSPS) is 32.6. The van der Waals surface area contributed by atoms with Crippen molar-refractivity contribution < 1.29 is 19.4 Å². The van der Waals surface area contributed by atoms with Gasteiger partial charge in [0.1, 0.15) is 0 Å². The zero-order valence-electron chi connectivity index (χ0n) is 15.2. The topological polar surface area (TPSA) is 91.8 Å².